The van der Waals surface area contributed by atoms with Crippen molar-refractivity contribution >= 4 is 34.0 Å². The maximum Gasteiger partial charge on any atom is 0.251 e. The maximum atomic E-state index is 13.6. The van der Waals surface area contributed by atoms with Crippen LogP contribution in [0.15, 0.2) is 77.9 Å². The molecule has 1 aromatic heterocycles. The van der Waals surface area contributed by atoms with Crippen molar-refractivity contribution in [1.82, 2.24) is 14.8 Å². The van der Waals surface area contributed by atoms with Crippen molar-refractivity contribution in [3.63, 3.8) is 0 Å². The molecule has 0 atom stereocenters. The number of amides is 1. The SMILES string of the molecule is [C-]#[N+]c1ccc(-n2c(C)c(C(=O)CN3CCC(NC(=O)c4ccc(N=[N+]=[N-])cc4)CC3)c3ccccc32)cc1. The summed E-state index contributed by atoms with van der Waals surface area (Å²) in [7, 11) is 0. The molecule has 2 heterocycles. The Morgan fingerprint density at radius 1 is 1.03 bits per heavy atom. The summed E-state index contributed by atoms with van der Waals surface area (Å²) >= 11 is 0. The number of Topliss-reactive ketones (excluding diaryl/α,β-unsaturated/α-hetero) is 1. The number of hydrogen-bond acceptors (Lipinski definition) is 4. The number of likely N-dealkylation sites (tertiary alicyclic amines) is 1. The topological polar surface area (TPSA) is 107 Å². The number of ketones is 1. The van der Waals surface area contributed by atoms with Gasteiger partial charge in [-0.05, 0) is 55.6 Å². The number of azide groups is 1. The smallest absolute Gasteiger partial charge is 0.251 e. The van der Waals surface area contributed by atoms with E-state index in [2.05, 4.69) is 29.7 Å². The van der Waals surface area contributed by atoms with E-state index in [1.807, 2.05) is 43.3 Å². The third-order valence-electron chi connectivity index (χ3n) is 7.21. The highest BCUT2D eigenvalue weighted by molar-refractivity contribution is 6.11. The van der Waals surface area contributed by atoms with Crippen molar-refractivity contribution < 1.29 is 9.59 Å². The van der Waals surface area contributed by atoms with E-state index in [1.165, 1.54) is 0 Å². The van der Waals surface area contributed by atoms with Gasteiger partial charge in [-0.3, -0.25) is 14.5 Å². The molecule has 39 heavy (non-hydrogen) atoms. The van der Waals surface area contributed by atoms with Crippen LogP contribution in [-0.2, 0) is 0 Å². The van der Waals surface area contributed by atoms with Crippen molar-refractivity contribution in [3.8, 4) is 5.69 Å². The fourth-order valence-electron chi connectivity index (χ4n) is 5.25. The Balaban J connectivity index is 1.25. The van der Waals surface area contributed by atoms with E-state index in [0.717, 1.165) is 40.7 Å². The van der Waals surface area contributed by atoms with Crippen molar-refractivity contribution in [1.29, 1.82) is 0 Å². The van der Waals surface area contributed by atoms with Crippen LogP contribution in [-0.4, -0.2) is 46.8 Å². The van der Waals surface area contributed by atoms with Gasteiger partial charge < -0.3 is 9.88 Å². The Morgan fingerprint density at radius 3 is 2.38 bits per heavy atom. The first-order valence-corrected chi connectivity index (χ1v) is 12.8. The van der Waals surface area contributed by atoms with Gasteiger partial charge in [0.05, 0.1) is 18.6 Å². The summed E-state index contributed by atoms with van der Waals surface area (Å²) < 4.78 is 2.08. The van der Waals surface area contributed by atoms with E-state index < -0.39 is 0 Å². The second-order valence-corrected chi connectivity index (χ2v) is 9.62. The zero-order chi connectivity index (χ0) is 27.4. The van der Waals surface area contributed by atoms with E-state index >= 15 is 0 Å². The Kier molecular flexibility index (Phi) is 7.41. The van der Waals surface area contributed by atoms with Crippen molar-refractivity contribution in [2.75, 3.05) is 19.6 Å². The van der Waals surface area contributed by atoms with Crippen molar-refractivity contribution in [2.24, 2.45) is 5.11 Å². The standard InChI is InChI=1S/C30H27N7O2/c1-20-29(26-5-3-4-6-27(26)37(20)25-13-11-22(32-2)12-14-25)28(38)19-36-17-15-23(16-18-36)33-30(39)21-7-9-24(10-8-21)34-35-31/h3-14,23H,15-19H2,1H3,(H,33,39). The minimum atomic E-state index is -0.162. The lowest BCUT2D eigenvalue weighted by molar-refractivity contribution is 0.0859. The lowest BCUT2D eigenvalue weighted by atomic mass is 10.0. The Morgan fingerprint density at radius 2 is 1.72 bits per heavy atom. The summed E-state index contributed by atoms with van der Waals surface area (Å²) in [5, 5.41) is 7.53. The first-order valence-electron chi connectivity index (χ1n) is 12.8. The summed E-state index contributed by atoms with van der Waals surface area (Å²) in [6.07, 6.45) is 1.51. The molecule has 4 aromatic rings. The van der Waals surface area contributed by atoms with Gasteiger partial charge in [-0.2, -0.15) is 0 Å². The average Bonchev–Trinajstić information content (AvgIpc) is 3.26. The normalized spacial score (nSPS) is 13.9. The summed E-state index contributed by atoms with van der Waals surface area (Å²) in [5.41, 5.74) is 13.6. The van der Waals surface area contributed by atoms with Crippen LogP contribution in [0.3, 0.4) is 0 Å². The number of fused-ring (bicyclic) bond motifs is 1. The first kappa shape index (κ1) is 25.7. The molecule has 3 aromatic carbocycles. The largest absolute Gasteiger partial charge is 0.349 e. The van der Waals surface area contributed by atoms with Crippen molar-refractivity contribution in [2.45, 2.75) is 25.8 Å². The van der Waals surface area contributed by atoms with Crippen LogP contribution in [0, 0.1) is 13.5 Å². The van der Waals surface area contributed by atoms with Gasteiger partial charge in [0.25, 0.3) is 5.91 Å². The Hall–Kier alpha value is -4.90. The average molecular weight is 518 g/mol. The van der Waals surface area contributed by atoms with E-state index in [0.29, 0.717) is 36.6 Å². The van der Waals surface area contributed by atoms with Gasteiger partial charge in [-0.25, -0.2) is 4.85 Å². The molecule has 9 heteroatoms. The molecule has 1 aliphatic rings. The van der Waals surface area contributed by atoms with Gasteiger partial charge in [-0.1, -0.05) is 47.6 Å². The summed E-state index contributed by atoms with van der Waals surface area (Å²) in [5.74, 6) is -0.0901. The Labute approximate surface area is 226 Å². The van der Waals surface area contributed by atoms with Crippen LogP contribution < -0.4 is 5.32 Å². The number of nitrogens with one attached hydrogen (secondary N) is 1. The van der Waals surface area contributed by atoms with Gasteiger partial charge in [0.15, 0.2) is 11.5 Å². The zero-order valence-electron chi connectivity index (χ0n) is 21.5. The van der Waals surface area contributed by atoms with E-state index in [4.69, 9.17) is 12.1 Å². The second kappa shape index (κ2) is 11.2. The molecule has 0 saturated carbocycles. The number of hydrogen-bond donors (Lipinski definition) is 1. The third kappa shape index (κ3) is 5.39. The molecular weight excluding hydrogens is 490 g/mol. The highest BCUT2D eigenvalue weighted by Crippen LogP contribution is 2.30. The third-order valence-corrected chi connectivity index (χ3v) is 7.21. The number of benzene rings is 3. The van der Waals surface area contributed by atoms with Crippen LogP contribution in [0.2, 0.25) is 0 Å². The number of carbonyl (C=O) groups is 2. The molecule has 194 valence electrons. The quantitative estimate of drug-likeness (QED) is 0.0992. The van der Waals surface area contributed by atoms with Crippen LogP contribution in [0.1, 0.15) is 39.3 Å². The van der Waals surface area contributed by atoms with Crippen LogP contribution >= 0.6 is 0 Å². The van der Waals surface area contributed by atoms with E-state index in [9.17, 15) is 9.59 Å². The summed E-state index contributed by atoms with van der Waals surface area (Å²) in [6.45, 7) is 10.9. The first-order chi connectivity index (χ1) is 19.0. The van der Waals surface area contributed by atoms with Crippen molar-refractivity contribution in [3.05, 3.63) is 111 Å². The monoisotopic (exact) mass is 517 g/mol. The lowest BCUT2D eigenvalue weighted by Gasteiger charge is -2.32. The summed E-state index contributed by atoms with van der Waals surface area (Å²) in [6, 6.07) is 21.9. The van der Waals surface area contributed by atoms with Gasteiger partial charge >= 0.3 is 0 Å². The van der Waals surface area contributed by atoms with Gasteiger partial charge in [0.2, 0.25) is 0 Å². The molecule has 0 aliphatic carbocycles. The number of nitrogens with zero attached hydrogens (tertiary/aromatic N) is 6. The number of para-hydroxylation sites is 1. The Bertz CT molecular complexity index is 1620. The minimum absolute atomic E-state index is 0.0303. The fraction of sp³-hybridized carbons (Fsp3) is 0.233. The van der Waals surface area contributed by atoms with Gasteiger partial charge in [0, 0.05) is 57.6 Å². The predicted octanol–water partition coefficient (Wildman–Crippen LogP) is 6.51. The number of aromatic nitrogens is 1. The molecule has 1 fully saturated rings. The molecule has 0 unspecified atom stereocenters. The molecule has 1 amide bonds. The van der Waals surface area contributed by atoms with E-state index in [1.54, 1.807) is 36.4 Å². The van der Waals surface area contributed by atoms with Gasteiger partial charge in [-0.15, -0.1) is 0 Å². The minimum Gasteiger partial charge on any atom is -0.349 e. The zero-order valence-corrected chi connectivity index (χ0v) is 21.5. The molecule has 1 aliphatic heterocycles. The number of piperidine rings is 1. The molecule has 1 saturated heterocycles. The number of rotatable bonds is 7. The predicted molar refractivity (Wildman–Crippen MR) is 151 cm³/mol. The van der Waals surface area contributed by atoms with Gasteiger partial charge in [0.1, 0.15) is 0 Å². The molecule has 0 radical (unpaired) electrons. The van der Waals surface area contributed by atoms with Crippen LogP contribution in [0.4, 0.5) is 11.4 Å². The molecule has 1 N–H and O–H groups in total. The molecule has 0 spiro atoms. The van der Waals surface area contributed by atoms with Crippen LogP contribution in [0.25, 0.3) is 31.9 Å². The highest BCUT2D eigenvalue weighted by Gasteiger charge is 2.26. The molecule has 0 bridgehead atoms. The molecular formula is C30H27N7O2. The van der Waals surface area contributed by atoms with Crippen LogP contribution in [0.5, 0.6) is 0 Å². The second-order valence-electron chi connectivity index (χ2n) is 9.62. The number of carbonyl (C=O) groups excluding carboxylic acids is 2. The lowest BCUT2D eigenvalue weighted by Crippen LogP contribution is -2.46. The summed E-state index contributed by atoms with van der Waals surface area (Å²) in [4.78, 5) is 34.6. The maximum absolute atomic E-state index is 13.6. The van der Waals surface area contributed by atoms with E-state index in [-0.39, 0.29) is 17.7 Å². The molecule has 5 rings (SSSR count). The fourth-order valence-corrected chi connectivity index (χ4v) is 5.25. The molecule has 9 nitrogen and oxygen atoms in total. The highest BCUT2D eigenvalue weighted by atomic mass is 16.1.